The molecule has 0 saturated carbocycles. The molecule has 2 aliphatic rings. The van der Waals surface area contributed by atoms with Gasteiger partial charge in [-0.05, 0) is 25.0 Å². The normalized spacial score (nSPS) is 21.9. The minimum Gasteiger partial charge on any atom is -0.508 e. The second kappa shape index (κ2) is 15.3. The van der Waals surface area contributed by atoms with Gasteiger partial charge in [-0.15, -0.1) is 0 Å². The number of hydrogen-bond acceptors (Lipinski definition) is 23. The highest BCUT2D eigenvalue weighted by Gasteiger charge is 2.46. The van der Waals surface area contributed by atoms with Crippen molar-refractivity contribution < 1.29 is 99.3 Å². The van der Waals surface area contributed by atoms with Crippen LogP contribution in [0.25, 0.3) is 77.1 Å². The summed E-state index contributed by atoms with van der Waals surface area (Å²) < 4.78 is 28.3. The number of ether oxygens (including phenoxy) is 2. The summed E-state index contributed by atoms with van der Waals surface area (Å²) in [6.45, 7) is -0.805. The highest BCUT2D eigenvalue weighted by atomic mass is 16.7. The van der Waals surface area contributed by atoms with Crippen molar-refractivity contribution in [2.75, 3.05) is 6.61 Å². The van der Waals surface area contributed by atoms with E-state index in [0.717, 1.165) is 36.4 Å². The summed E-state index contributed by atoms with van der Waals surface area (Å²) in [5.74, 6) is -9.86. The van der Waals surface area contributed by atoms with Gasteiger partial charge in [0, 0.05) is 35.4 Å². The zero-order valence-electron chi connectivity index (χ0n) is 34.1. The average Bonchev–Trinajstić information content (AvgIpc) is 3.27. The summed E-state index contributed by atoms with van der Waals surface area (Å²) in [5.41, 5.74) is -9.98. The molecule has 23 heteroatoms. The van der Waals surface area contributed by atoms with Crippen molar-refractivity contribution >= 4 is 54.8 Å². The lowest BCUT2D eigenvalue weighted by molar-refractivity contribution is -0.314. The molecule has 23 nitrogen and oxygen atoms in total. The molecule has 1 aliphatic heterocycles. The van der Waals surface area contributed by atoms with Crippen molar-refractivity contribution in [1.29, 1.82) is 0 Å². The standard InChI is InChI=1S/C45H34O23/c46-9-23-34(56)40(62)41(63)45(68-23)67-19-2-1-13(48)42-29(19)38(60)27-21(65-42)7-15(50)24(35(27)57)12-6-18(53)44-31(33(12)55)39(61)28-22(66-44)8-16(51)25(36(28)58)11-5-17(52)43-30(32(11)54)37(59)26-14(49)3-10(47)4-20(26)64-43/h3-8,13,19,23,34,40-41,45-58,62-63H,1-2,9H2/t13-,19+,23-,34-,40+,41-,45-/m1/s1. The summed E-state index contributed by atoms with van der Waals surface area (Å²) in [6.07, 6.45) is -11.8. The van der Waals surface area contributed by atoms with Crippen molar-refractivity contribution in [3.63, 3.8) is 0 Å². The summed E-state index contributed by atoms with van der Waals surface area (Å²) in [5, 5.41) is 160. The van der Waals surface area contributed by atoms with Gasteiger partial charge in [0.2, 0.25) is 16.3 Å². The number of aromatic hydroxyl groups is 10. The fraction of sp³-hybridized carbons (Fsp3) is 0.222. The van der Waals surface area contributed by atoms with Gasteiger partial charge in [0.25, 0.3) is 0 Å². The third kappa shape index (κ3) is 6.15. The molecule has 0 unspecified atom stereocenters. The predicted octanol–water partition coefficient (Wildman–Crippen LogP) is 2.39. The Balaban J connectivity index is 1.14. The van der Waals surface area contributed by atoms with Crippen molar-refractivity contribution in [2.24, 2.45) is 0 Å². The quantitative estimate of drug-likeness (QED) is 0.0870. The van der Waals surface area contributed by atoms with E-state index in [9.17, 15) is 91.0 Å². The highest BCUT2D eigenvalue weighted by Crippen LogP contribution is 2.53. The maximum atomic E-state index is 14.4. The second-order valence-electron chi connectivity index (χ2n) is 16.3. The van der Waals surface area contributed by atoms with Crippen molar-refractivity contribution in [3.8, 4) is 79.7 Å². The molecule has 1 saturated heterocycles. The summed E-state index contributed by atoms with van der Waals surface area (Å²) >= 11 is 0. The van der Waals surface area contributed by atoms with Crippen LogP contribution >= 0.6 is 0 Å². The Morgan fingerprint density at radius 2 is 1.03 bits per heavy atom. The van der Waals surface area contributed by atoms with Crippen LogP contribution in [0, 0.1) is 0 Å². The van der Waals surface area contributed by atoms with E-state index in [1.165, 1.54) is 0 Å². The van der Waals surface area contributed by atoms with E-state index in [4.69, 9.17) is 22.7 Å². The van der Waals surface area contributed by atoms with E-state index in [0.29, 0.717) is 0 Å². The molecule has 0 amide bonds. The Bertz CT molecular complexity index is 3700. The zero-order valence-corrected chi connectivity index (χ0v) is 34.1. The van der Waals surface area contributed by atoms with Crippen LogP contribution in [-0.4, -0.2) is 114 Å². The van der Waals surface area contributed by atoms with Crippen molar-refractivity contribution in [2.45, 2.75) is 55.8 Å². The number of hydrogen-bond donors (Lipinski definition) is 15. The van der Waals surface area contributed by atoms with E-state index in [1.807, 2.05) is 0 Å². The Hall–Kier alpha value is -8.03. The zero-order chi connectivity index (χ0) is 48.7. The molecule has 1 fully saturated rings. The fourth-order valence-corrected chi connectivity index (χ4v) is 9.08. The largest absolute Gasteiger partial charge is 0.508 e. The summed E-state index contributed by atoms with van der Waals surface area (Å²) in [6, 6.07) is 4.77. The van der Waals surface area contributed by atoms with E-state index in [-0.39, 0.29) is 18.6 Å². The SMILES string of the molecule is O=c1c2c(oc3cc(O)c(-c4cc(O)c5oc6cc(O)c(-c7cc(O)c8oc9cc(O)cc(O)c9c(=O)c8c7O)c(O)c6c(=O)c5c4O)c(O)c13)[C@H](O)CC[C@@H]2O[C@@H]1O[C@H](CO)[C@@H](O)[C@H](O)[C@H]1O. The lowest BCUT2D eigenvalue weighted by atomic mass is 9.89. The minimum absolute atomic E-state index is 0.101. The second-order valence-corrected chi connectivity index (χ2v) is 16.3. The van der Waals surface area contributed by atoms with E-state index >= 15 is 0 Å². The summed E-state index contributed by atoms with van der Waals surface area (Å²) in [4.78, 5) is 42.4. The number of aliphatic hydroxyl groups excluding tert-OH is 5. The smallest absolute Gasteiger partial charge is 0.208 e. The molecule has 7 atom stereocenters. The molecule has 5 aromatic carbocycles. The van der Waals surface area contributed by atoms with Crippen molar-refractivity contribution in [3.05, 3.63) is 78.4 Å². The molecule has 352 valence electrons. The molecule has 8 aromatic rings. The first kappa shape index (κ1) is 43.8. The Morgan fingerprint density at radius 3 is 1.59 bits per heavy atom. The van der Waals surface area contributed by atoms with Crippen LogP contribution in [-0.2, 0) is 9.47 Å². The number of phenolic OH excluding ortho intramolecular Hbond substituents is 10. The Morgan fingerprint density at radius 1 is 0.515 bits per heavy atom. The highest BCUT2D eigenvalue weighted by molar-refractivity contribution is 6.09. The van der Waals surface area contributed by atoms with Crippen LogP contribution in [0.5, 0.6) is 57.5 Å². The molecule has 68 heavy (non-hydrogen) atoms. The van der Waals surface area contributed by atoms with Crippen LogP contribution in [0.4, 0.5) is 0 Å². The number of benzene rings is 5. The maximum absolute atomic E-state index is 14.4. The minimum atomic E-state index is -1.90. The van der Waals surface area contributed by atoms with Gasteiger partial charge in [-0.1, -0.05) is 0 Å². The molecule has 0 spiro atoms. The van der Waals surface area contributed by atoms with Gasteiger partial charge in [0.1, 0.15) is 126 Å². The number of phenols is 10. The van der Waals surface area contributed by atoms with E-state index < -0.39 is 206 Å². The fourth-order valence-electron chi connectivity index (χ4n) is 9.08. The van der Waals surface area contributed by atoms with Gasteiger partial charge in [-0.2, -0.15) is 0 Å². The molecule has 4 heterocycles. The average molecular weight is 943 g/mol. The van der Waals surface area contributed by atoms with Gasteiger partial charge in [-0.3, -0.25) is 14.4 Å². The van der Waals surface area contributed by atoms with Crippen molar-refractivity contribution in [1.82, 2.24) is 0 Å². The molecule has 1 aliphatic carbocycles. The molecule has 3 aromatic heterocycles. The molecule has 0 radical (unpaired) electrons. The van der Waals surface area contributed by atoms with E-state index in [2.05, 4.69) is 0 Å². The first-order valence-electron chi connectivity index (χ1n) is 20.2. The number of aliphatic hydroxyl groups is 5. The molecular weight excluding hydrogens is 908 g/mol. The van der Waals surface area contributed by atoms with Crippen LogP contribution < -0.4 is 16.3 Å². The van der Waals surface area contributed by atoms with Crippen LogP contribution in [0.1, 0.15) is 36.4 Å². The third-order valence-corrected chi connectivity index (χ3v) is 12.3. The predicted molar refractivity (Wildman–Crippen MR) is 229 cm³/mol. The Labute approximate surface area is 374 Å². The lowest BCUT2D eigenvalue weighted by Gasteiger charge is -2.41. The molecular formula is C45H34O23. The first-order valence-corrected chi connectivity index (χ1v) is 20.2. The van der Waals surface area contributed by atoms with Gasteiger partial charge in [0.05, 0.1) is 29.4 Å². The van der Waals surface area contributed by atoms with Gasteiger partial charge < -0.3 is 99.3 Å². The van der Waals surface area contributed by atoms with Gasteiger partial charge in [-0.25, -0.2) is 0 Å². The molecule has 10 rings (SSSR count). The number of rotatable bonds is 5. The molecule has 15 N–H and O–H groups in total. The monoisotopic (exact) mass is 942 g/mol. The Kier molecular flexibility index (Phi) is 9.84. The van der Waals surface area contributed by atoms with E-state index in [1.54, 1.807) is 0 Å². The summed E-state index contributed by atoms with van der Waals surface area (Å²) in [7, 11) is 0. The maximum Gasteiger partial charge on any atom is 0.208 e. The van der Waals surface area contributed by atoms with Crippen LogP contribution in [0.2, 0.25) is 0 Å². The third-order valence-electron chi connectivity index (χ3n) is 12.3. The molecule has 0 bridgehead atoms. The van der Waals surface area contributed by atoms with Gasteiger partial charge >= 0.3 is 0 Å². The topological polar surface area (TPSA) is 413 Å². The number of fused-ring (bicyclic) bond motifs is 6. The van der Waals surface area contributed by atoms with Crippen LogP contribution in [0.3, 0.4) is 0 Å². The first-order chi connectivity index (χ1) is 32.2. The van der Waals surface area contributed by atoms with Gasteiger partial charge in [0.15, 0.2) is 29.0 Å². The van der Waals surface area contributed by atoms with Crippen LogP contribution in [0.15, 0.2) is 64.0 Å². The lowest BCUT2D eigenvalue weighted by Crippen LogP contribution is -2.59.